The second kappa shape index (κ2) is 9.87. The molecule has 0 heteroatoms. The first-order valence-electron chi connectivity index (χ1n) is 8.83. The van der Waals surface area contributed by atoms with Gasteiger partial charge in [0.1, 0.15) is 0 Å². The third kappa shape index (κ3) is 6.25. The van der Waals surface area contributed by atoms with Crippen molar-refractivity contribution in [3.8, 4) is 0 Å². The highest BCUT2D eigenvalue weighted by Crippen LogP contribution is 2.43. The molecular formula is C18H36. The lowest BCUT2D eigenvalue weighted by atomic mass is 9.69. The minimum Gasteiger partial charge on any atom is -0.0654 e. The molecule has 0 bridgehead atoms. The van der Waals surface area contributed by atoms with Crippen molar-refractivity contribution in [3.05, 3.63) is 0 Å². The van der Waals surface area contributed by atoms with Crippen molar-refractivity contribution in [2.45, 2.75) is 110 Å². The van der Waals surface area contributed by atoms with Crippen LogP contribution in [-0.2, 0) is 0 Å². The summed E-state index contributed by atoms with van der Waals surface area (Å²) >= 11 is 0. The first-order chi connectivity index (χ1) is 8.83. The van der Waals surface area contributed by atoms with Crippen LogP contribution >= 0.6 is 0 Å². The van der Waals surface area contributed by atoms with Crippen molar-refractivity contribution in [1.82, 2.24) is 0 Å². The van der Waals surface area contributed by atoms with Gasteiger partial charge in [0.05, 0.1) is 0 Å². The minimum absolute atomic E-state index is 0.755. The van der Waals surface area contributed by atoms with Crippen LogP contribution in [-0.4, -0.2) is 0 Å². The highest BCUT2D eigenvalue weighted by molar-refractivity contribution is 4.81. The molecule has 0 spiro atoms. The molecule has 1 fully saturated rings. The molecule has 108 valence electrons. The summed E-state index contributed by atoms with van der Waals surface area (Å²) in [4.78, 5) is 0. The Morgan fingerprint density at radius 2 is 1.06 bits per heavy atom. The number of hydrogen-bond donors (Lipinski definition) is 0. The lowest BCUT2D eigenvalue weighted by Gasteiger charge is -2.36. The maximum Gasteiger partial charge on any atom is -0.0297 e. The van der Waals surface area contributed by atoms with Gasteiger partial charge in [-0.2, -0.15) is 0 Å². The van der Waals surface area contributed by atoms with Gasteiger partial charge in [-0.25, -0.2) is 0 Å². The summed E-state index contributed by atoms with van der Waals surface area (Å²) in [5.41, 5.74) is 0.755. The van der Waals surface area contributed by atoms with E-state index in [9.17, 15) is 0 Å². The predicted molar refractivity (Wildman–Crippen MR) is 83.0 cm³/mol. The number of hydrogen-bond acceptors (Lipinski definition) is 0. The van der Waals surface area contributed by atoms with E-state index in [1.165, 1.54) is 83.5 Å². The topological polar surface area (TPSA) is 0 Å². The van der Waals surface area contributed by atoms with E-state index in [0.717, 1.165) is 5.41 Å². The SMILES string of the molecule is CCCCCC1(CCCCC)CCCCCCC1. The van der Waals surface area contributed by atoms with Crippen LogP contribution in [0.25, 0.3) is 0 Å². The number of unbranched alkanes of at least 4 members (excludes halogenated alkanes) is 4. The van der Waals surface area contributed by atoms with Gasteiger partial charge in [-0.05, 0) is 31.1 Å². The Morgan fingerprint density at radius 3 is 1.50 bits per heavy atom. The zero-order valence-electron chi connectivity index (χ0n) is 13.1. The van der Waals surface area contributed by atoms with Gasteiger partial charge in [0.2, 0.25) is 0 Å². The molecule has 1 aliphatic carbocycles. The Hall–Kier alpha value is 0. The summed E-state index contributed by atoms with van der Waals surface area (Å²) in [6.45, 7) is 4.67. The quantitative estimate of drug-likeness (QED) is 0.413. The van der Waals surface area contributed by atoms with Crippen LogP contribution in [0.1, 0.15) is 110 Å². The highest BCUT2D eigenvalue weighted by Gasteiger charge is 2.28. The summed E-state index contributed by atoms with van der Waals surface area (Å²) < 4.78 is 0. The second-order valence-corrected chi connectivity index (χ2v) is 6.68. The van der Waals surface area contributed by atoms with Gasteiger partial charge in [-0.1, -0.05) is 84.5 Å². The van der Waals surface area contributed by atoms with Crippen molar-refractivity contribution in [1.29, 1.82) is 0 Å². The van der Waals surface area contributed by atoms with E-state index in [1.807, 2.05) is 0 Å². The largest absolute Gasteiger partial charge is 0.0654 e. The Labute approximate surface area is 116 Å². The van der Waals surface area contributed by atoms with Crippen LogP contribution in [0, 0.1) is 5.41 Å². The smallest absolute Gasteiger partial charge is 0.0297 e. The van der Waals surface area contributed by atoms with Crippen molar-refractivity contribution < 1.29 is 0 Å². The maximum atomic E-state index is 2.34. The first-order valence-corrected chi connectivity index (χ1v) is 8.83. The summed E-state index contributed by atoms with van der Waals surface area (Å²) in [7, 11) is 0. The Balaban J connectivity index is 2.45. The minimum atomic E-state index is 0.755. The van der Waals surface area contributed by atoms with Gasteiger partial charge in [0.25, 0.3) is 0 Å². The molecule has 0 heterocycles. The van der Waals surface area contributed by atoms with E-state index in [4.69, 9.17) is 0 Å². The third-order valence-corrected chi connectivity index (χ3v) is 5.04. The average molecular weight is 252 g/mol. The fourth-order valence-corrected chi connectivity index (χ4v) is 3.78. The van der Waals surface area contributed by atoms with E-state index >= 15 is 0 Å². The molecule has 1 rings (SSSR count). The van der Waals surface area contributed by atoms with Crippen molar-refractivity contribution in [2.75, 3.05) is 0 Å². The van der Waals surface area contributed by atoms with Gasteiger partial charge in [0, 0.05) is 0 Å². The standard InChI is InChI=1S/C18H36/c1-3-5-10-14-18(15-11-6-4-2)16-12-8-7-9-13-17-18/h3-17H2,1-2H3. The fourth-order valence-electron chi connectivity index (χ4n) is 3.78. The van der Waals surface area contributed by atoms with Gasteiger partial charge < -0.3 is 0 Å². The summed E-state index contributed by atoms with van der Waals surface area (Å²) in [6.07, 6.45) is 22.3. The second-order valence-electron chi connectivity index (χ2n) is 6.68. The van der Waals surface area contributed by atoms with Gasteiger partial charge in [0.15, 0.2) is 0 Å². The van der Waals surface area contributed by atoms with Crippen LogP contribution in [0.3, 0.4) is 0 Å². The van der Waals surface area contributed by atoms with Crippen molar-refractivity contribution >= 4 is 0 Å². The van der Waals surface area contributed by atoms with E-state index < -0.39 is 0 Å². The highest BCUT2D eigenvalue weighted by atomic mass is 14.3. The van der Waals surface area contributed by atoms with Crippen LogP contribution in [0.15, 0.2) is 0 Å². The van der Waals surface area contributed by atoms with Crippen molar-refractivity contribution in [3.63, 3.8) is 0 Å². The molecule has 0 radical (unpaired) electrons. The van der Waals surface area contributed by atoms with Crippen LogP contribution in [0.2, 0.25) is 0 Å². The van der Waals surface area contributed by atoms with Gasteiger partial charge in [-0.15, -0.1) is 0 Å². The molecule has 0 amide bonds. The molecule has 1 aliphatic rings. The molecule has 18 heavy (non-hydrogen) atoms. The molecule has 0 N–H and O–H groups in total. The fraction of sp³-hybridized carbons (Fsp3) is 1.00. The Morgan fingerprint density at radius 1 is 0.611 bits per heavy atom. The van der Waals surface area contributed by atoms with E-state index in [-0.39, 0.29) is 0 Å². The van der Waals surface area contributed by atoms with E-state index in [2.05, 4.69) is 13.8 Å². The Bertz CT molecular complexity index is 162. The first kappa shape index (κ1) is 16.1. The van der Waals surface area contributed by atoms with E-state index in [1.54, 1.807) is 12.8 Å². The van der Waals surface area contributed by atoms with Crippen LogP contribution in [0.4, 0.5) is 0 Å². The molecule has 0 aromatic heterocycles. The normalized spacial score (nSPS) is 20.3. The Kier molecular flexibility index (Phi) is 8.80. The number of rotatable bonds is 8. The molecule has 0 nitrogen and oxygen atoms in total. The summed E-state index contributed by atoms with van der Waals surface area (Å²) in [6, 6.07) is 0. The molecule has 0 unspecified atom stereocenters. The van der Waals surface area contributed by atoms with Crippen LogP contribution in [0.5, 0.6) is 0 Å². The lowest BCUT2D eigenvalue weighted by Crippen LogP contribution is -2.22. The predicted octanol–water partition coefficient (Wildman–Crippen LogP) is 6.88. The van der Waals surface area contributed by atoms with E-state index in [0.29, 0.717) is 0 Å². The van der Waals surface area contributed by atoms with Crippen LogP contribution < -0.4 is 0 Å². The average Bonchev–Trinajstić information content (AvgIpc) is 2.34. The molecule has 0 saturated heterocycles. The third-order valence-electron chi connectivity index (χ3n) is 5.04. The molecule has 0 aromatic carbocycles. The monoisotopic (exact) mass is 252 g/mol. The summed E-state index contributed by atoms with van der Waals surface area (Å²) in [5, 5.41) is 0. The molecule has 0 atom stereocenters. The molecule has 0 aromatic rings. The van der Waals surface area contributed by atoms with Gasteiger partial charge >= 0.3 is 0 Å². The zero-order valence-corrected chi connectivity index (χ0v) is 13.1. The van der Waals surface area contributed by atoms with Gasteiger partial charge in [-0.3, -0.25) is 0 Å². The maximum absolute atomic E-state index is 2.34. The summed E-state index contributed by atoms with van der Waals surface area (Å²) in [5.74, 6) is 0. The lowest BCUT2D eigenvalue weighted by molar-refractivity contribution is 0.164. The molecule has 1 saturated carbocycles. The van der Waals surface area contributed by atoms with Crippen molar-refractivity contribution in [2.24, 2.45) is 5.41 Å². The molecule has 0 aliphatic heterocycles. The zero-order chi connectivity index (χ0) is 13.1. The molecular weight excluding hydrogens is 216 g/mol.